The quantitative estimate of drug-likeness (QED) is 0.914. The van der Waals surface area contributed by atoms with Gasteiger partial charge in [-0.3, -0.25) is 4.79 Å². The largest absolute Gasteiger partial charge is 0.387 e. The van der Waals surface area contributed by atoms with Crippen molar-refractivity contribution in [2.45, 2.75) is 30.3 Å². The number of carbonyl (C=O) groups excluding carboxylic acids is 1. The summed E-state index contributed by atoms with van der Waals surface area (Å²) in [5.74, 6) is -0.344. The molecule has 1 atom stereocenters. The van der Waals surface area contributed by atoms with Crippen LogP contribution in [0.5, 0.6) is 0 Å². The Kier molecular flexibility index (Phi) is 3.73. The molecule has 120 valence electrons. The second-order valence-electron chi connectivity index (χ2n) is 7.00. The topological polar surface area (TPSA) is 43.8 Å². The Balaban J connectivity index is 1.77. The number of rotatable bonds is 4. The van der Waals surface area contributed by atoms with Crippen molar-refractivity contribution in [3.05, 3.63) is 35.6 Å². The molecule has 1 saturated carbocycles. The molecule has 5 heteroatoms. The van der Waals surface area contributed by atoms with Crippen molar-refractivity contribution in [1.29, 1.82) is 0 Å². The van der Waals surface area contributed by atoms with Crippen LogP contribution in [0.1, 0.15) is 24.8 Å². The molecule has 4 nitrogen and oxygen atoms in total. The molecule has 1 unspecified atom stereocenters. The second-order valence-corrected chi connectivity index (χ2v) is 7.00. The van der Waals surface area contributed by atoms with E-state index in [1.807, 2.05) is 19.0 Å². The van der Waals surface area contributed by atoms with E-state index in [0.29, 0.717) is 44.5 Å². The highest BCUT2D eigenvalue weighted by Gasteiger charge is 2.56. The van der Waals surface area contributed by atoms with Crippen LogP contribution in [0.3, 0.4) is 0 Å². The molecule has 1 saturated heterocycles. The summed E-state index contributed by atoms with van der Waals surface area (Å²) in [4.78, 5) is 16.5. The third-order valence-corrected chi connectivity index (χ3v) is 4.78. The van der Waals surface area contributed by atoms with Crippen LogP contribution in [0.25, 0.3) is 0 Å². The highest BCUT2D eigenvalue weighted by Crippen LogP contribution is 2.51. The zero-order valence-electron chi connectivity index (χ0n) is 13.2. The van der Waals surface area contributed by atoms with E-state index in [2.05, 4.69) is 0 Å². The fourth-order valence-corrected chi connectivity index (χ4v) is 3.62. The van der Waals surface area contributed by atoms with E-state index in [0.717, 1.165) is 0 Å². The van der Waals surface area contributed by atoms with Crippen molar-refractivity contribution in [3.8, 4) is 0 Å². The summed E-state index contributed by atoms with van der Waals surface area (Å²) in [5, 5.41) is 10.6. The summed E-state index contributed by atoms with van der Waals surface area (Å²) >= 11 is 0. The molecule has 0 radical (unpaired) electrons. The van der Waals surface area contributed by atoms with Gasteiger partial charge in [0, 0.05) is 18.7 Å². The molecule has 0 bridgehead atoms. The average molecular weight is 306 g/mol. The lowest BCUT2D eigenvalue weighted by Crippen LogP contribution is -2.45. The van der Waals surface area contributed by atoms with Gasteiger partial charge in [0.15, 0.2) is 0 Å². The van der Waals surface area contributed by atoms with Gasteiger partial charge < -0.3 is 14.9 Å². The molecule has 1 heterocycles. The molecule has 1 aliphatic carbocycles. The van der Waals surface area contributed by atoms with Crippen LogP contribution in [0.15, 0.2) is 24.3 Å². The van der Waals surface area contributed by atoms with E-state index >= 15 is 0 Å². The first-order valence-corrected chi connectivity index (χ1v) is 7.78. The number of aliphatic hydroxyl groups is 1. The van der Waals surface area contributed by atoms with E-state index in [4.69, 9.17) is 0 Å². The van der Waals surface area contributed by atoms with E-state index in [1.54, 1.807) is 23.1 Å². The molecule has 22 heavy (non-hydrogen) atoms. The van der Waals surface area contributed by atoms with Gasteiger partial charge in [-0.15, -0.1) is 0 Å². The van der Waals surface area contributed by atoms with Crippen molar-refractivity contribution < 1.29 is 14.3 Å². The minimum atomic E-state index is -0.857. The Morgan fingerprint density at radius 2 is 2.00 bits per heavy atom. The third-order valence-electron chi connectivity index (χ3n) is 4.78. The number of carbonyl (C=O) groups is 1. The number of benzene rings is 1. The monoisotopic (exact) mass is 306 g/mol. The van der Waals surface area contributed by atoms with Crippen molar-refractivity contribution in [2.24, 2.45) is 0 Å². The van der Waals surface area contributed by atoms with Gasteiger partial charge in [-0.25, -0.2) is 4.39 Å². The van der Waals surface area contributed by atoms with Crippen LogP contribution in [0.2, 0.25) is 0 Å². The maximum atomic E-state index is 14.1. The molecule has 1 aliphatic heterocycles. The first kappa shape index (κ1) is 15.4. The van der Waals surface area contributed by atoms with Crippen molar-refractivity contribution in [3.63, 3.8) is 0 Å². The molecule has 3 rings (SSSR count). The van der Waals surface area contributed by atoms with Gasteiger partial charge in [0.25, 0.3) is 0 Å². The molecular formula is C17H23FN2O2. The molecule has 2 fully saturated rings. The Bertz CT molecular complexity index is 586. The standard InChI is InChI=1S/C17H23FN2O2/c1-19(2)11-16(22)9-10-20(12-16)15(21)17(7-8-17)13-5-3-4-6-14(13)18/h3-6,22H,7-12H2,1-2H3. The van der Waals surface area contributed by atoms with Crippen LogP contribution in [0, 0.1) is 5.82 Å². The number of likely N-dealkylation sites (tertiary alicyclic amines) is 1. The Labute approximate surface area is 130 Å². The third kappa shape index (κ3) is 2.63. The zero-order chi connectivity index (χ0) is 16.0. The van der Waals surface area contributed by atoms with Gasteiger partial charge in [0.05, 0.1) is 17.6 Å². The Morgan fingerprint density at radius 3 is 2.59 bits per heavy atom. The molecule has 1 aromatic carbocycles. The second kappa shape index (κ2) is 5.32. The number of amides is 1. The first-order valence-electron chi connectivity index (χ1n) is 7.78. The lowest BCUT2D eigenvalue weighted by Gasteiger charge is -2.28. The lowest BCUT2D eigenvalue weighted by atomic mass is 9.93. The first-order chi connectivity index (χ1) is 10.4. The molecule has 1 aromatic rings. The fraction of sp³-hybridized carbons (Fsp3) is 0.588. The highest BCUT2D eigenvalue weighted by atomic mass is 19.1. The number of likely N-dealkylation sites (N-methyl/N-ethyl adjacent to an activating group) is 1. The molecule has 1 amide bonds. The minimum absolute atomic E-state index is 0.0349. The number of hydrogen-bond donors (Lipinski definition) is 1. The van der Waals surface area contributed by atoms with Crippen molar-refractivity contribution >= 4 is 5.91 Å². The molecule has 2 aliphatic rings. The molecule has 0 spiro atoms. The molecular weight excluding hydrogens is 283 g/mol. The Morgan fingerprint density at radius 1 is 1.32 bits per heavy atom. The number of β-amino-alcohol motifs (C(OH)–C–C–N with tert-alkyl or cyclic N) is 1. The van der Waals surface area contributed by atoms with E-state index in [-0.39, 0.29) is 11.7 Å². The van der Waals surface area contributed by atoms with E-state index in [1.165, 1.54) is 6.07 Å². The summed E-state index contributed by atoms with van der Waals surface area (Å²) in [5.41, 5.74) is -1.05. The van der Waals surface area contributed by atoms with Gasteiger partial charge in [0.1, 0.15) is 5.82 Å². The average Bonchev–Trinajstić information content (AvgIpc) is 3.16. The summed E-state index contributed by atoms with van der Waals surface area (Å²) in [6.07, 6.45) is 1.95. The van der Waals surface area contributed by atoms with Crippen LogP contribution >= 0.6 is 0 Å². The predicted octanol–water partition coefficient (Wildman–Crippen LogP) is 1.38. The van der Waals surface area contributed by atoms with E-state index in [9.17, 15) is 14.3 Å². The predicted molar refractivity (Wildman–Crippen MR) is 82.0 cm³/mol. The van der Waals surface area contributed by atoms with Gasteiger partial charge in [-0.1, -0.05) is 18.2 Å². The SMILES string of the molecule is CN(C)CC1(O)CCN(C(=O)C2(c3ccccc3F)CC2)C1. The summed E-state index contributed by atoms with van der Waals surface area (Å²) in [6.45, 7) is 1.41. The van der Waals surface area contributed by atoms with Crippen LogP contribution < -0.4 is 0 Å². The van der Waals surface area contributed by atoms with Crippen LogP contribution in [-0.2, 0) is 10.2 Å². The lowest BCUT2D eigenvalue weighted by molar-refractivity contribution is -0.134. The maximum Gasteiger partial charge on any atom is 0.233 e. The smallest absolute Gasteiger partial charge is 0.233 e. The van der Waals surface area contributed by atoms with Crippen molar-refractivity contribution in [2.75, 3.05) is 33.7 Å². The minimum Gasteiger partial charge on any atom is -0.387 e. The molecule has 1 N–H and O–H groups in total. The number of nitrogens with zero attached hydrogens (tertiary/aromatic N) is 2. The van der Waals surface area contributed by atoms with Gasteiger partial charge >= 0.3 is 0 Å². The van der Waals surface area contributed by atoms with Gasteiger partial charge in [-0.05, 0) is 39.4 Å². The maximum absolute atomic E-state index is 14.1. The van der Waals surface area contributed by atoms with E-state index < -0.39 is 11.0 Å². The Hall–Kier alpha value is -1.46. The van der Waals surface area contributed by atoms with Crippen LogP contribution in [-0.4, -0.2) is 60.1 Å². The normalized spacial score (nSPS) is 26.5. The summed E-state index contributed by atoms with van der Waals surface area (Å²) < 4.78 is 14.1. The highest BCUT2D eigenvalue weighted by molar-refractivity contribution is 5.91. The van der Waals surface area contributed by atoms with Gasteiger partial charge in [-0.2, -0.15) is 0 Å². The van der Waals surface area contributed by atoms with Gasteiger partial charge in [0.2, 0.25) is 5.91 Å². The summed E-state index contributed by atoms with van der Waals surface area (Å²) in [7, 11) is 3.81. The molecule has 0 aromatic heterocycles. The zero-order valence-corrected chi connectivity index (χ0v) is 13.2. The van der Waals surface area contributed by atoms with Crippen LogP contribution in [0.4, 0.5) is 4.39 Å². The van der Waals surface area contributed by atoms with Crippen molar-refractivity contribution in [1.82, 2.24) is 9.80 Å². The summed E-state index contributed by atoms with van der Waals surface area (Å²) in [6, 6.07) is 6.54. The number of hydrogen-bond acceptors (Lipinski definition) is 3. The fourth-order valence-electron chi connectivity index (χ4n) is 3.62. The number of halogens is 1.